The third-order valence-electron chi connectivity index (χ3n) is 2.35. The number of benzene rings is 1. The molecule has 1 aromatic carbocycles. The van der Waals surface area contributed by atoms with Crippen LogP contribution in [0.5, 0.6) is 5.75 Å². The van der Waals surface area contributed by atoms with Crippen molar-refractivity contribution in [3.63, 3.8) is 0 Å². The van der Waals surface area contributed by atoms with Gasteiger partial charge < -0.3 is 10.1 Å². The van der Waals surface area contributed by atoms with Crippen molar-refractivity contribution in [3.8, 4) is 5.75 Å². The van der Waals surface area contributed by atoms with Gasteiger partial charge in [0, 0.05) is 18.5 Å². The van der Waals surface area contributed by atoms with Crippen molar-refractivity contribution < 1.29 is 13.5 Å². The minimum Gasteiger partial charge on any atom is -0.493 e. The summed E-state index contributed by atoms with van der Waals surface area (Å²) in [7, 11) is 0. The molecule has 1 atom stereocenters. The van der Waals surface area contributed by atoms with Crippen LogP contribution < -0.4 is 10.1 Å². The fourth-order valence-electron chi connectivity index (χ4n) is 1.39. The van der Waals surface area contributed by atoms with Gasteiger partial charge in [-0.2, -0.15) is 0 Å². The summed E-state index contributed by atoms with van der Waals surface area (Å²) in [5.41, 5.74) is 0. The van der Waals surface area contributed by atoms with Crippen LogP contribution in [0.3, 0.4) is 0 Å². The van der Waals surface area contributed by atoms with E-state index < -0.39 is 11.6 Å². The number of ether oxygens (including phenoxy) is 1. The molecule has 0 spiro atoms. The van der Waals surface area contributed by atoms with E-state index in [1.165, 1.54) is 6.07 Å². The molecule has 0 aromatic heterocycles. The zero-order valence-corrected chi connectivity index (χ0v) is 10.3. The predicted molar refractivity (Wildman–Crippen MR) is 64.2 cm³/mol. The topological polar surface area (TPSA) is 21.3 Å². The molecule has 0 bridgehead atoms. The average Bonchev–Trinajstić information content (AvgIpc) is 2.31. The molecule has 96 valence electrons. The molecule has 0 saturated heterocycles. The maximum atomic E-state index is 12.9. The van der Waals surface area contributed by atoms with Crippen molar-refractivity contribution in [2.24, 2.45) is 5.92 Å². The van der Waals surface area contributed by atoms with Gasteiger partial charge in [0.1, 0.15) is 5.75 Å². The zero-order chi connectivity index (χ0) is 12.7. The summed E-state index contributed by atoms with van der Waals surface area (Å²) in [4.78, 5) is 0. The van der Waals surface area contributed by atoms with E-state index in [0.717, 1.165) is 31.6 Å². The van der Waals surface area contributed by atoms with Crippen LogP contribution in [0.4, 0.5) is 8.78 Å². The first kappa shape index (κ1) is 13.9. The second-order valence-electron chi connectivity index (χ2n) is 4.20. The van der Waals surface area contributed by atoms with Gasteiger partial charge in [-0.25, -0.2) is 8.78 Å². The molecule has 0 heterocycles. The Labute approximate surface area is 101 Å². The largest absolute Gasteiger partial charge is 0.493 e. The van der Waals surface area contributed by atoms with E-state index in [-0.39, 0.29) is 0 Å². The molecule has 1 unspecified atom stereocenters. The first-order chi connectivity index (χ1) is 8.13. The van der Waals surface area contributed by atoms with Crippen molar-refractivity contribution in [1.29, 1.82) is 0 Å². The van der Waals surface area contributed by atoms with Gasteiger partial charge in [0.05, 0.1) is 6.61 Å². The summed E-state index contributed by atoms with van der Waals surface area (Å²) < 4.78 is 30.9. The second-order valence-corrected chi connectivity index (χ2v) is 4.20. The van der Waals surface area contributed by atoms with E-state index in [1.807, 2.05) is 6.92 Å². The average molecular weight is 243 g/mol. The first-order valence-electron chi connectivity index (χ1n) is 5.92. The fraction of sp³-hybridized carbons (Fsp3) is 0.538. The van der Waals surface area contributed by atoms with Crippen molar-refractivity contribution in [3.05, 3.63) is 29.8 Å². The van der Waals surface area contributed by atoms with Gasteiger partial charge in [-0.1, -0.05) is 13.8 Å². The van der Waals surface area contributed by atoms with E-state index in [1.54, 1.807) is 0 Å². The molecule has 1 aromatic rings. The lowest BCUT2D eigenvalue weighted by molar-refractivity contribution is 0.254. The minimum absolute atomic E-state index is 0.328. The van der Waals surface area contributed by atoms with E-state index in [2.05, 4.69) is 12.2 Å². The molecule has 2 nitrogen and oxygen atoms in total. The summed E-state index contributed by atoms with van der Waals surface area (Å²) in [6.45, 7) is 6.48. The maximum absolute atomic E-state index is 12.9. The monoisotopic (exact) mass is 243 g/mol. The van der Waals surface area contributed by atoms with Crippen LogP contribution >= 0.6 is 0 Å². The molecule has 0 radical (unpaired) electrons. The van der Waals surface area contributed by atoms with Gasteiger partial charge in [0.15, 0.2) is 11.6 Å². The minimum atomic E-state index is -0.876. The SMILES string of the molecule is CCCNCC(C)COc1ccc(F)c(F)c1. The Balaban J connectivity index is 2.31. The Kier molecular flexibility index (Phi) is 5.91. The fourth-order valence-corrected chi connectivity index (χ4v) is 1.39. The van der Waals surface area contributed by atoms with Crippen LogP contribution in [-0.2, 0) is 0 Å². The van der Waals surface area contributed by atoms with Gasteiger partial charge >= 0.3 is 0 Å². The van der Waals surface area contributed by atoms with Crippen LogP contribution in [0.2, 0.25) is 0 Å². The van der Waals surface area contributed by atoms with Gasteiger partial charge in [0.25, 0.3) is 0 Å². The molecular weight excluding hydrogens is 224 g/mol. The highest BCUT2D eigenvalue weighted by Crippen LogP contribution is 2.15. The lowest BCUT2D eigenvalue weighted by Crippen LogP contribution is -2.25. The highest BCUT2D eigenvalue weighted by atomic mass is 19.2. The summed E-state index contributed by atoms with van der Waals surface area (Å²) in [5, 5.41) is 3.28. The molecule has 4 heteroatoms. The van der Waals surface area contributed by atoms with Crippen LogP contribution in [0.25, 0.3) is 0 Å². The summed E-state index contributed by atoms with van der Waals surface area (Å²) in [5.74, 6) is -1.03. The Morgan fingerprint density at radius 1 is 1.29 bits per heavy atom. The maximum Gasteiger partial charge on any atom is 0.162 e. The van der Waals surface area contributed by atoms with Gasteiger partial charge in [-0.15, -0.1) is 0 Å². The summed E-state index contributed by atoms with van der Waals surface area (Å²) in [6.07, 6.45) is 1.09. The lowest BCUT2D eigenvalue weighted by Gasteiger charge is -2.13. The molecule has 0 saturated carbocycles. The van der Waals surface area contributed by atoms with E-state index in [9.17, 15) is 8.78 Å². The summed E-state index contributed by atoms with van der Waals surface area (Å²) in [6, 6.07) is 3.58. The van der Waals surface area contributed by atoms with Crippen LogP contribution in [0, 0.1) is 17.6 Å². The molecular formula is C13H19F2NO. The normalized spacial score (nSPS) is 12.5. The molecule has 1 rings (SSSR count). The standard InChI is InChI=1S/C13H19F2NO/c1-3-6-16-8-10(2)9-17-11-4-5-12(14)13(15)7-11/h4-5,7,10,16H,3,6,8-9H2,1-2H3. The highest BCUT2D eigenvalue weighted by Gasteiger charge is 2.06. The van der Waals surface area contributed by atoms with Gasteiger partial charge in [-0.05, 0) is 25.1 Å². The van der Waals surface area contributed by atoms with Crippen LogP contribution in [0.15, 0.2) is 18.2 Å². The quantitative estimate of drug-likeness (QED) is 0.743. The van der Waals surface area contributed by atoms with Crippen molar-refractivity contribution in [2.45, 2.75) is 20.3 Å². The van der Waals surface area contributed by atoms with Gasteiger partial charge in [-0.3, -0.25) is 0 Å². The van der Waals surface area contributed by atoms with Gasteiger partial charge in [0.2, 0.25) is 0 Å². The lowest BCUT2D eigenvalue weighted by atomic mass is 10.2. The highest BCUT2D eigenvalue weighted by molar-refractivity contribution is 5.23. The smallest absolute Gasteiger partial charge is 0.162 e. The molecule has 17 heavy (non-hydrogen) atoms. The van der Waals surface area contributed by atoms with Crippen molar-refractivity contribution >= 4 is 0 Å². The molecule has 0 aliphatic carbocycles. The molecule has 0 aliphatic heterocycles. The predicted octanol–water partition coefficient (Wildman–Crippen LogP) is 2.98. The molecule has 0 aliphatic rings. The van der Waals surface area contributed by atoms with E-state index >= 15 is 0 Å². The third kappa shape index (κ3) is 5.13. The Hall–Kier alpha value is -1.16. The Morgan fingerprint density at radius 3 is 2.71 bits per heavy atom. The van der Waals surface area contributed by atoms with Crippen molar-refractivity contribution in [2.75, 3.05) is 19.7 Å². The first-order valence-corrected chi connectivity index (χ1v) is 5.92. The number of hydrogen-bond donors (Lipinski definition) is 1. The Morgan fingerprint density at radius 2 is 2.06 bits per heavy atom. The molecule has 1 N–H and O–H groups in total. The third-order valence-corrected chi connectivity index (χ3v) is 2.35. The second kappa shape index (κ2) is 7.22. The summed E-state index contributed by atoms with van der Waals surface area (Å²) >= 11 is 0. The zero-order valence-electron chi connectivity index (χ0n) is 10.3. The number of hydrogen-bond acceptors (Lipinski definition) is 2. The molecule has 0 fully saturated rings. The number of rotatable bonds is 7. The van der Waals surface area contributed by atoms with Crippen LogP contribution in [-0.4, -0.2) is 19.7 Å². The number of nitrogens with one attached hydrogen (secondary N) is 1. The van der Waals surface area contributed by atoms with Crippen LogP contribution in [0.1, 0.15) is 20.3 Å². The van der Waals surface area contributed by atoms with Crippen molar-refractivity contribution in [1.82, 2.24) is 5.32 Å². The number of halogens is 2. The van der Waals surface area contributed by atoms with E-state index in [0.29, 0.717) is 18.3 Å². The van der Waals surface area contributed by atoms with E-state index in [4.69, 9.17) is 4.74 Å². The molecule has 0 amide bonds. The Bertz CT molecular complexity index is 344.